The Labute approximate surface area is 145 Å². The molecule has 2 fully saturated rings. The molecule has 2 aliphatic rings. The van der Waals surface area contributed by atoms with Crippen molar-refractivity contribution >= 4 is 10.2 Å². The van der Waals surface area contributed by atoms with E-state index in [4.69, 9.17) is 4.74 Å². The fraction of sp³-hybridized carbons (Fsp3) is 0.706. The van der Waals surface area contributed by atoms with Crippen molar-refractivity contribution in [2.45, 2.75) is 31.6 Å². The smallest absolute Gasteiger partial charge is 0.281 e. The molecule has 134 valence electrons. The van der Waals surface area contributed by atoms with Crippen molar-refractivity contribution in [1.29, 1.82) is 0 Å². The number of methoxy groups -OCH3 is 1. The monoisotopic (exact) mass is 353 g/mol. The molecule has 7 heteroatoms. The van der Waals surface area contributed by atoms with E-state index < -0.39 is 10.2 Å². The van der Waals surface area contributed by atoms with Gasteiger partial charge in [-0.3, -0.25) is 4.98 Å². The molecule has 0 N–H and O–H groups in total. The molecule has 0 radical (unpaired) electrons. The Balaban J connectivity index is 1.60. The van der Waals surface area contributed by atoms with Gasteiger partial charge < -0.3 is 4.74 Å². The van der Waals surface area contributed by atoms with Gasteiger partial charge in [-0.1, -0.05) is 0 Å². The van der Waals surface area contributed by atoms with E-state index in [0.29, 0.717) is 44.6 Å². The standard InChI is InChI=1S/C17H27N3O3S/c1-23-14-15-3-2-10-20(13-15)24(21,22)19-11-6-17(7-12-19)16-4-8-18-9-5-16/h4-5,8-9,15,17H,2-3,6-7,10-14H2,1H3. The van der Waals surface area contributed by atoms with E-state index in [0.717, 1.165) is 25.7 Å². The zero-order valence-electron chi connectivity index (χ0n) is 14.3. The van der Waals surface area contributed by atoms with Crippen molar-refractivity contribution in [1.82, 2.24) is 13.6 Å². The molecule has 0 spiro atoms. The summed E-state index contributed by atoms with van der Waals surface area (Å²) in [6, 6.07) is 4.07. The molecule has 1 aromatic heterocycles. The van der Waals surface area contributed by atoms with Crippen LogP contribution in [0, 0.1) is 5.92 Å². The third-order valence-corrected chi connectivity index (χ3v) is 7.17. The van der Waals surface area contributed by atoms with Crippen LogP contribution in [0.25, 0.3) is 0 Å². The van der Waals surface area contributed by atoms with Crippen molar-refractivity contribution in [3.8, 4) is 0 Å². The van der Waals surface area contributed by atoms with Gasteiger partial charge in [0.25, 0.3) is 10.2 Å². The molecule has 2 aliphatic heterocycles. The summed E-state index contributed by atoms with van der Waals surface area (Å²) < 4.78 is 34.4. The van der Waals surface area contributed by atoms with E-state index >= 15 is 0 Å². The second kappa shape index (κ2) is 7.91. The van der Waals surface area contributed by atoms with Crippen LogP contribution >= 0.6 is 0 Å². The number of hydrogen-bond acceptors (Lipinski definition) is 4. The molecule has 0 amide bonds. The minimum absolute atomic E-state index is 0.313. The third kappa shape index (κ3) is 3.96. The highest BCUT2D eigenvalue weighted by Gasteiger charge is 2.35. The maximum absolute atomic E-state index is 12.9. The minimum atomic E-state index is -3.34. The van der Waals surface area contributed by atoms with E-state index in [1.54, 1.807) is 15.7 Å². The van der Waals surface area contributed by atoms with E-state index in [-0.39, 0.29) is 0 Å². The molecule has 3 rings (SSSR count). The van der Waals surface area contributed by atoms with Crippen LogP contribution in [0.15, 0.2) is 24.5 Å². The highest BCUT2D eigenvalue weighted by atomic mass is 32.2. The average molecular weight is 353 g/mol. The zero-order valence-corrected chi connectivity index (χ0v) is 15.1. The second-order valence-electron chi connectivity index (χ2n) is 6.78. The largest absolute Gasteiger partial charge is 0.384 e. The van der Waals surface area contributed by atoms with Crippen LogP contribution in [0.4, 0.5) is 0 Å². The van der Waals surface area contributed by atoms with Gasteiger partial charge in [0, 0.05) is 45.7 Å². The summed E-state index contributed by atoms with van der Waals surface area (Å²) in [6.07, 6.45) is 7.33. The normalized spacial score (nSPS) is 25.0. The Morgan fingerprint density at radius 3 is 2.50 bits per heavy atom. The lowest BCUT2D eigenvalue weighted by molar-refractivity contribution is 0.115. The number of ether oxygens (including phenoxy) is 1. The van der Waals surface area contributed by atoms with E-state index in [9.17, 15) is 8.42 Å². The highest BCUT2D eigenvalue weighted by Crippen LogP contribution is 2.30. The molecule has 1 aromatic rings. The van der Waals surface area contributed by atoms with Crippen molar-refractivity contribution in [2.24, 2.45) is 5.92 Å². The fourth-order valence-corrected chi connectivity index (χ4v) is 5.58. The first-order chi connectivity index (χ1) is 11.6. The number of pyridine rings is 1. The summed E-state index contributed by atoms with van der Waals surface area (Å²) in [5, 5.41) is 0. The van der Waals surface area contributed by atoms with Gasteiger partial charge in [-0.2, -0.15) is 17.0 Å². The SMILES string of the molecule is COCC1CCCN(S(=O)(=O)N2CCC(c3ccncc3)CC2)C1. The van der Waals surface area contributed by atoms with Gasteiger partial charge in [0.1, 0.15) is 0 Å². The Hall–Kier alpha value is -1.02. The molecule has 0 aliphatic carbocycles. The lowest BCUT2D eigenvalue weighted by Crippen LogP contribution is -2.50. The molecular weight excluding hydrogens is 326 g/mol. The quantitative estimate of drug-likeness (QED) is 0.811. The Morgan fingerprint density at radius 2 is 1.83 bits per heavy atom. The predicted octanol–water partition coefficient (Wildman–Crippen LogP) is 1.86. The third-order valence-electron chi connectivity index (χ3n) is 5.17. The van der Waals surface area contributed by atoms with Gasteiger partial charge in [0.2, 0.25) is 0 Å². The molecule has 6 nitrogen and oxygen atoms in total. The topological polar surface area (TPSA) is 62.7 Å². The van der Waals surface area contributed by atoms with Gasteiger partial charge in [0.15, 0.2) is 0 Å². The van der Waals surface area contributed by atoms with Crippen molar-refractivity contribution in [3.63, 3.8) is 0 Å². The molecule has 1 unspecified atom stereocenters. The van der Waals surface area contributed by atoms with Crippen LogP contribution in [0.1, 0.15) is 37.2 Å². The maximum Gasteiger partial charge on any atom is 0.281 e. The molecule has 0 saturated carbocycles. The molecule has 3 heterocycles. The number of piperidine rings is 2. The fourth-order valence-electron chi connectivity index (χ4n) is 3.83. The average Bonchev–Trinajstić information content (AvgIpc) is 2.63. The van der Waals surface area contributed by atoms with Gasteiger partial charge >= 0.3 is 0 Å². The summed E-state index contributed by atoms with van der Waals surface area (Å²) in [5.74, 6) is 0.745. The maximum atomic E-state index is 12.9. The van der Waals surface area contributed by atoms with E-state index in [1.165, 1.54) is 5.56 Å². The highest BCUT2D eigenvalue weighted by molar-refractivity contribution is 7.86. The van der Waals surface area contributed by atoms with Crippen LogP contribution in [0.2, 0.25) is 0 Å². The lowest BCUT2D eigenvalue weighted by atomic mass is 9.91. The Morgan fingerprint density at radius 1 is 1.12 bits per heavy atom. The van der Waals surface area contributed by atoms with Crippen LogP contribution in [-0.4, -0.2) is 61.9 Å². The van der Waals surface area contributed by atoms with Gasteiger partial charge in [0.05, 0.1) is 6.61 Å². The second-order valence-corrected chi connectivity index (χ2v) is 8.71. The first kappa shape index (κ1) is 17.8. The van der Waals surface area contributed by atoms with E-state index in [1.807, 2.05) is 24.5 Å². The minimum Gasteiger partial charge on any atom is -0.384 e. The van der Waals surface area contributed by atoms with Crippen molar-refractivity contribution in [2.75, 3.05) is 39.9 Å². The molecule has 1 atom stereocenters. The molecule has 2 saturated heterocycles. The molecular formula is C17H27N3O3S. The molecule has 0 aromatic carbocycles. The first-order valence-electron chi connectivity index (χ1n) is 8.75. The Kier molecular flexibility index (Phi) is 5.86. The molecule has 24 heavy (non-hydrogen) atoms. The van der Waals surface area contributed by atoms with Crippen LogP contribution < -0.4 is 0 Å². The van der Waals surface area contributed by atoms with Crippen LogP contribution in [0.5, 0.6) is 0 Å². The van der Waals surface area contributed by atoms with Crippen LogP contribution in [-0.2, 0) is 14.9 Å². The van der Waals surface area contributed by atoms with Crippen molar-refractivity contribution < 1.29 is 13.2 Å². The van der Waals surface area contributed by atoms with Gasteiger partial charge in [-0.25, -0.2) is 0 Å². The van der Waals surface area contributed by atoms with E-state index in [2.05, 4.69) is 4.98 Å². The summed E-state index contributed by atoms with van der Waals surface area (Å²) >= 11 is 0. The summed E-state index contributed by atoms with van der Waals surface area (Å²) in [4.78, 5) is 4.05. The summed E-state index contributed by atoms with van der Waals surface area (Å²) in [7, 11) is -1.67. The number of hydrogen-bond donors (Lipinski definition) is 0. The van der Waals surface area contributed by atoms with Crippen molar-refractivity contribution in [3.05, 3.63) is 30.1 Å². The molecule has 0 bridgehead atoms. The van der Waals surface area contributed by atoms with Gasteiger partial charge in [-0.05, 0) is 55.2 Å². The zero-order chi connectivity index (χ0) is 17.0. The summed E-state index contributed by atoms with van der Waals surface area (Å²) in [6.45, 7) is 3.05. The first-order valence-corrected chi connectivity index (χ1v) is 10.1. The van der Waals surface area contributed by atoms with Crippen LogP contribution in [0.3, 0.4) is 0 Å². The number of aromatic nitrogens is 1. The number of rotatable bonds is 5. The van der Waals surface area contributed by atoms with Gasteiger partial charge in [-0.15, -0.1) is 0 Å². The predicted molar refractivity (Wildman–Crippen MR) is 92.9 cm³/mol. The Bertz CT molecular complexity index is 613. The number of nitrogens with zero attached hydrogens (tertiary/aromatic N) is 3. The lowest BCUT2D eigenvalue weighted by Gasteiger charge is -2.38. The summed E-state index contributed by atoms with van der Waals surface area (Å²) in [5.41, 5.74) is 1.26.